The Balaban J connectivity index is 2.13. The Morgan fingerprint density at radius 3 is 2.90 bits per heavy atom. The Morgan fingerprint density at radius 2 is 2.20 bits per heavy atom. The van der Waals surface area contributed by atoms with E-state index < -0.39 is 0 Å². The lowest BCUT2D eigenvalue weighted by Crippen LogP contribution is -2.10. The van der Waals surface area contributed by atoms with E-state index in [9.17, 15) is 4.79 Å². The Bertz CT molecular complexity index is 697. The van der Waals surface area contributed by atoms with Crippen LogP contribution >= 0.6 is 22.9 Å². The molecule has 0 unspecified atom stereocenters. The summed E-state index contributed by atoms with van der Waals surface area (Å²) in [5.41, 5.74) is 1.62. The number of hydrogen-bond acceptors (Lipinski definition) is 3. The maximum absolute atomic E-state index is 12.1. The molecule has 5 heteroatoms. The summed E-state index contributed by atoms with van der Waals surface area (Å²) in [7, 11) is 0. The molecule has 0 saturated heterocycles. The van der Waals surface area contributed by atoms with Crippen molar-refractivity contribution in [3.8, 4) is 11.8 Å². The average molecular weight is 306 g/mol. The predicted molar refractivity (Wildman–Crippen MR) is 82.4 cm³/mol. The Labute approximate surface area is 126 Å². The first-order valence-electron chi connectivity index (χ1n) is 5.87. The minimum Gasteiger partial charge on any atom is -0.384 e. The number of carbonyl (C=O) groups is 1. The highest BCUT2D eigenvalue weighted by atomic mass is 35.5. The number of halogens is 1. The van der Waals surface area contributed by atoms with Crippen molar-refractivity contribution in [3.05, 3.63) is 50.7 Å². The second-order valence-electron chi connectivity index (χ2n) is 4.06. The molecule has 0 aliphatic heterocycles. The van der Waals surface area contributed by atoms with Crippen LogP contribution in [0.2, 0.25) is 5.02 Å². The SMILES string of the molecule is Cc1ccc(NC(=O)c2ccc(C#CCO)s2)c(Cl)c1. The smallest absolute Gasteiger partial charge is 0.265 e. The van der Waals surface area contributed by atoms with Gasteiger partial charge < -0.3 is 10.4 Å². The quantitative estimate of drug-likeness (QED) is 0.836. The third-order valence-electron chi connectivity index (χ3n) is 2.49. The van der Waals surface area contributed by atoms with Crippen LogP contribution in [0.25, 0.3) is 0 Å². The molecular weight excluding hydrogens is 294 g/mol. The third kappa shape index (κ3) is 3.61. The fourth-order valence-electron chi connectivity index (χ4n) is 1.56. The number of nitrogens with one attached hydrogen (secondary N) is 1. The molecule has 1 aromatic carbocycles. The van der Waals surface area contributed by atoms with Crippen LogP contribution in [0.3, 0.4) is 0 Å². The molecule has 0 saturated carbocycles. The third-order valence-corrected chi connectivity index (χ3v) is 3.81. The number of aryl methyl sites for hydroxylation is 1. The Hall–Kier alpha value is -1.80. The molecule has 102 valence electrons. The first kappa shape index (κ1) is 14.6. The van der Waals surface area contributed by atoms with E-state index in [0.29, 0.717) is 15.6 Å². The molecule has 0 aliphatic carbocycles. The van der Waals surface area contributed by atoms with Crippen molar-refractivity contribution in [2.75, 3.05) is 11.9 Å². The number of carbonyl (C=O) groups excluding carboxylic acids is 1. The van der Waals surface area contributed by atoms with E-state index in [1.807, 2.05) is 13.0 Å². The van der Waals surface area contributed by atoms with Crippen LogP contribution in [-0.2, 0) is 0 Å². The molecule has 20 heavy (non-hydrogen) atoms. The van der Waals surface area contributed by atoms with Crippen LogP contribution in [-0.4, -0.2) is 17.6 Å². The Kier molecular flexibility index (Phi) is 4.80. The van der Waals surface area contributed by atoms with Crippen LogP contribution in [0.1, 0.15) is 20.1 Å². The highest BCUT2D eigenvalue weighted by Crippen LogP contribution is 2.24. The van der Waals surface area contributed by atoms with Gasteiger partial charge in [-0.15, -0.1) is 11.3 Å². The lowest BCUT2D eigenvalue weighted by molar-refractivity contribution is 0.103. The normalized spacial score (nSPS) is 9.75. The molecule has 1 aromatic heterocycles. The second-order valence-corrected chi connectivity index (χ2v) is 5.55. The first-order chi connectivity index (χ1) is 9.60. The van der Waals surface area contributed by atoms with E-state index in [4.69, 9.17) is 16.7 Å². The number of aliphatic hydroxyl groups excluding tert-OH is 1. The maximum Gasteiger partial charge on any atom is 0.265 e. The fraction of sp³-hybridized carbons (Fsp3) is 0.133. The molecule has 1 heterocycles. The zero-order valence-corrected chi connectivity index (χ0v) is 12.3. The highest BCUT2D eigenvalue weighted by Gasteiger charge is 2.10. The van der Waals surface area contributed by atoms with Gasteiger partial charge in [0.1, 0.15) is 6.61 Å². The van der Waals surface area contributed by atoms with Gasteiger partial charge in [0.05, 0.1) is 20.5 Å². The van der Waals surface area contributed by atoms with Gasteiger partial charge in [-0.1, -0.05) is 29.5 Å². The zero-order valence-electron chi connectivity index (χ0n) is 10.7. The molecule has 2 rings (SSSR count). The predicted octanol–water partition coefficient (Wildman–Crippen LogP) is 3.31. The fourth-order valence-corrected chi connectivity index (χ4v) is 2.62. The number of aliphatic hydroxyl groups is 1. The number of amides is 1. The number of thiophene rings is 1. The van der Waals surface area contributed by atoms with Crippen LogP contribution in [0.15, 0.2) is 30.3 Å². The summed E-state index contributed by atoms with van der Waals surface area (Å²) >= 11 is 7.34. The Morgan fingerprint density at radius 1 is 1.40 bits per heavy atom. The van der Waals surface area contributed by atoms with Crippen LogP contribution in [0, 0.1) is 18.8 Å². The molecule has 0 atom stereocenters. The van der Waals surface area contributed by atoms with Crippen molar-refractivity contribution in [2.45, 2.75) is 6.92 Å². The topological polar surface area (TPSA) is 49.3 Å². The molecular formula is C15H12ClNO2S. The van der Waals surface area contributed by atoms with Crippen molar-refractivity contribution >= 4 is 34.5 Å². The largest absolute Gasteiger partial charge is 0.384 e. The van der Waals surface area contributed by atoms with Crippen molar-refractivity contribution < 1.29 is 9.90 Å². The van der Waals surface area contributed by atoms with Gasteiger partial charge >= 0.3 is 0 Å². The summed E-state index contributed by atoms with van der Waals surface area (Å²) in [5.74, 6) is 5.09. The van der Waals surface area contributed by atoms with Crippen LogP contribution < -0.4 is 5.32 Å². The minimum absolute atomic E-state index is 0.196. The standard InChI is InChI=1S/C15H12ClNO2S/c1-10-4-6-13(12(16)9-10)17-15(19)14-7-5-11(20-14)3-2-8-18/h4-7,9,18H,8H2,1H3,(H,17,19). The summed E-state index contributed by atoms with van der Waals surface area (Å²) in [5, 5.41) is 11.9. The van der Waals surface area contributed by atoms with Gasteiger partial charge in [0.25, 0.3) is 5.91 Å². The van der Waals surface area contributed by atoms with Crippen LogP contribution in [0.4, 0.5) is 5.69 Å². The first-order valence-corrected chi connectivity index (χ1v) is 7.06. The molecule has 2 N–H and O–H groups in total. The summed E-state index contributed by atoms with van der Waals surface area (Å²) < 4.78 is 0. The van der Waals surface area contributed by atoms with E-state index in [-0.39, 0.29) is 12.5 Å². The zero-order chi connectivity index (χ0) is 14.5. The van der Waals surface area contributed by atoms with E-state index in [0.717, 1.165) is 10.4 Å². The summed E-state index contributed by atoms with van der Waals surface area (Å²) in [6.07, 6.45) is 0. The van der Waals surface area contributed by atoms with E-state index in [1.54, 1.807) is 24.3 Å². The molecule has 0 spiro atoms. The van der Waals surface area contributed by atoms with Crippen molar-refractivity contribution in [1.82, 2.24) is 0 Å². The van der Waals surface area contributed by atoms with Gasteiger partial charge in [-0.25, -0.2) is 0 Å². The minimum atomic E-state index is -0.224. The number of hydrogen-bond donors (Lipinski definition) is 2. The lowest BCUT2D eigenvalue weighted by Gasteiger charge is -2.06. The summed E-state index contributed by atoms with van der Waals surface area (Å²) in [6.45, 7) is 1.74. The number of anilines is 1. The number of rotatable bonds is 2. The van der Waals surface area contributed by atoms with Crippen molar-refractivity contribution in [1.29, 1.82) is 0 Å². The molecule has 0 fully saturated rings. The lowest BCUT2D eigenvalue weighted by atomic mass is 10.2. The molecule has 0 bridgehead atoms. The number of benzene rings is 1. The molecule has 0 aliphatic rings. The average Bonchev–Trinajstić information content (AvgIpc) is 2.88. The van der Waals surface area contributed by atoms with E-state index in [1.165, 1.54) is 11.3 Å². The summed E-state index contributed by atoms with van der Waals surface area (Å²) in [6, 6.07) is 8.90. The molecule has 2 aromatic rings. The second kappa shape index (κ2) is 6.58. The van der Waals surface area contributed by atoms with Gasteiger partial charge in [0, 0.05) is 0 Å². The van der Waals surface area contributed by atoms with Gasteiger partial charge in [-0.05, 0) is 36.8 Å². The van der Waals surface area contributed by atoms with Gasteiger partial charge in [-0.3, -0.25) is 4.79 Å². The van der Waals surface area contributed by atoms with Gasteiger partial charge in [0.2, 0.25) is 0 Å². The highest BCUT2D eigenvalue weighted by molar-refractivity contribution is 7.14. The summed E-state index contributed by atoms with van der Waals surface area (Å²) in [4.78, 5) is 13.4. The van der Waals surface area contributed by atoms with E-state index >= 15 is 0 Å². The monoisotopic (exact) mass is 305 g/mol. The van der Waals surface area contributed by atoms with Crippen molar-refractivity contribution in [2.24, 2.45) is 0 Å². The van der Waals surface area contributed by atoms with Crippen molar-refractivity contribution in [3.63, 3.8) is 0 Å². The molecule has 0 radical (unpaired) electrons. The van der Waals surface area contributed by atoms with E-state index in [2.05, 4.69) is 17.2 Å². The van der Waals surface area contributed by atoms with Gasteiger partial charge in [-0.2, -0.15) is 0 Å². The molecule has 1 amide bonds. The maximum atomic E-state index is 12.1. The van der Waals surface area contributed by atoms with Gasteiger partial charge in [0.15, 0.2) is 0 Å². The van der Waals surface area contributed by atoms with Crippen LogP contribution in [0.5, 0.6) is 0 Å². The molecule has 3 nitrogen and oxygen atoms in total.